The number of sulfonamides is 1. The second-order valence-corrected chi connectivity index (χ2v) is 7.54. The molecule has 1 fully saturated rings. The van der Waals surface area contributed by atoms with E-state index < -0.39 is 10.0 Å². The van der Waals surface area contributed by atoms with Crippen LogP contribution >= 0.6 is 0 Å². The van der Waals surface area contributed by atoms with Gasteiger partial charge < -0.3 is 4.74 Å². The van der Waals surface area contributed by atoms with Gasteiger partial charge in [0.1, 0.15) is 0 Å². The maximum absolute atomic E-state index is 12.1. The van der Waals surface area contributed by atoms with Crippen molar-refractivity contribution in [1.29, 1.82) is 0 Å². The van der Waals surface area contributed by atoms with E-state index in [1.165, 1.54) is 16.7 Å². The summed E-state index contributed by atoms with van der Waals surface area (Å²) in [5.41, 5.74) is 3.61. The van der Waals surface area contributed by atoms with Gasteiger partial charge >= 0.3 is 0 Å². The quantitative estimate of drug-likeness (QED) is 0.903. The number of nitrogens with one attached hydrogen (secondary N) is 1. The lowest BCUT2D eigenvalue weighted by Gasteiger charge is -2.22. The summed E-state index contributed by atoms with van der Waals surface area (Å²) in [6, 6.07) is 6.33. The van der Waals surface area contributed by atoms with Crippen LogP contribution < -0.4 is 4.72 Å². The van der Waals surface area contributed by atoms with Crippen molar-refractivity contribution >= 4 is 10.0 Å². The molecule has 0 amide bonds. The van der Waals surface area contributed by atoms with Crippen molar-refractivity contribution in [3.8, 4) is 0 Å². The minimum absolute atomic E-state index is 0.296. The number of hydrogen-bond donors (Lipinski definition) is 1. The van der Waals surface area contributed by atoms with Gasteiger partial charge in [0.2, 0.25) is 10.0 Å². The fraction of sp³-hybridized carbons (Fsp3) is 0.600. The minimum atomic E-state index is -3.20. The van der Waals surface area contributed by atoms with Crippen LogP contribution in [0.4, 0.5) is 0 Å². The molecule has 2 rings (SSSR count). The first kappa shape index (κ1) is 15.5. The van der Waals surface area contributed by atoms with Crippen LogP contribution in [0.5, 0.6) is 0 Å². The van der Waals surface area contributed by atoms with Gasteiger partial charge in [-0.05, 0) is 38.7 Å². The predicted molar refractivity (Wildman–Crippen MR) is 80.4 cm³/mol. The summed E-state index contributed by atoms with van der Waals surface area (Å²) in [5, 5.41) is -0.296. The smallest absolute Gasteiger partial charge is 0.214 e. The maximum Gasteiger partial charge on any atom is 0.214 e. The monoisotopic (exact) mass is 297 g/mol. The summed E-state index contributed by atoms with van der Waals surface area (Å²) in [6.45, 7) is 5.67. The molecule has 0 radical (unpaired) electrons. The van der Waals surface area contributed by atoms with E-state index in [9.17, 15) is 8.42 Å². The van der Waals surface area contributed by atoms with Gasteiger partial charge in [-0.2, -0.15) is 0 Å². The van der Waals surface area contributed by atoms with Crippen LogP contribution in [0, 0.1) is 13.8 Å². The number of benzene rings is 1. The molecule has 5 heteroatoms. The summed E-state index contributed by atoms with van der Waals surface area (Å²) in [6.07, 6.45) is 1.92. The molecule has 1 aliphatic heterocycles. The van der Waals surface area contributed by atoms with Crippen molar-refractivity contribution < 1.29 is 13.2 Å². The van der Waals surface area contributed by atoms with Gasteiger partial charge in [0.15, 0.2) is 0 Å². The molecule has 0 atom stereocenters. The zero-order chi connectivity index (χ0) is 14.6. The van der Waals surface area contributed by atoms with E-state index in [-0.39, 0.29) is 5.25 Å². The lowest BCUT2D eigenvalue weighted by atomic mass is 10.1. The van der Waals surface area contributed by atoms with Gasteiger partial charge in [0.05, 0.1) is 5.25 Å². The summed E-state index contributed by atoms with van der Waals surface area (Å²) in [5.74, 6) is 0. The molecule has 0 unspecified atom stereocenters. The highest BCUT2D eigenvalue weighted by atomic mass is 32.2. The highest BCUT2D eigenvalue weighted by Gasteiger charge is 2.26. The Hall–Kier alpha value is -0.910. The van der Waals surface area contributed by atoms with Gasteiger partial charge in [0, 0.05) is 19.8 Å². The maximum atomic E-state index is 12.1. The third-order valence-electron chi connectivity index (χ3n) is 3.61. The van der Waals surface area contributed by atoms with E-state index in [4.69, 9.17) is 4.74 Å². The van der Waals surface area contributed by atoms with E-state index in [2.05, 4.69) is 36.8 Å². The summed E-state index contributed by atoms with van der Waals surface area (Å²) in [7, 11) is -3.20. The SMILES string of the molecule is Cc1cc(C)cc(CCNS(=O)(=O)C2CCOCC2)c1. The third kappa shape index (κ3) is 4.30. The van der Waals surface area contributed by atoms with Crippen molar-refractivity contribution in [3.63, 3.8) is 0 Å². The molecule has 20 heavy (non-hydrogen) atoms. The molecule has 4 nitrogen and oxygen atoms in total. The average molecular weight is 297 g/mol. The average Bonchev–Trinajstić information content (AvgIpc) is 2.38. The zero-order valence-corrected chi connectivity index (χ0v) is 13.0. The van der Waals surface area contributed by atoms with Crippen LogP contribution in [-0.2, 0) is 21.2 Å². The molecular weight excluding hydrogens is 274 g/mol. The first-order chi connectivity index (χ1) is 9.47. The fourth-order valence-electron chi connectivity index (χ4n) is 2.66. The highest BCUT2D eigenvalue weighted by Crippen LogP contribution is 2.15. The molecule has 1 aromatic rings. The Kier molecular flexibility index (Phi) is 5.18. The molecule has 0 aliphatic carbocycles. The van der Waals surface area contributed by atoms with Crippen LogP contribution in [0.2, 0.25) is 0 Å². The van der Waals surface area contributed by atoms with Crippen molar-refractivity contribution in [2.24, 2.45) is 0 Å². The Morgan fingerprint density at radius 2 is 1.75 bits per heavy atom. The van der Waals surface area contributed by atoms with Crippen molar-refractivity contribution in [2.45, 2.75) is 38.4 Å². The van der Waals surface area contributed by atoms with E-state index in [0.717, 1.165) is 6.42 Å². The topological polar surface area (TPSA) is 55.4 Å². The van der Waals surface area contributed by atoms with Crippen molar-refractivity contribution in [2.75, 3.05) is 19.8 Å². The minimum Gasteiger partial charge on any atom is -0.381 e. The Balaban J connectivity index is 1.88. The molecule has 0 spiro atoms. The van der Waals surface area contributed by atoms with E-state index >= 15 is 0 Å². The first-order valence-electron chi connectivity index (χ1n) is 7.11. The van der Waals surface area contributed by atoms with Gasteiger partial charge in [-0.25, -0.2) is 13.1 Å². The van der Waals surface area contributed by atoms with E-state index in [1.807, 2.05) is 0 Å². The number of ether oxygens (including phenoxy) is 1. The third-order valence-corrected chi connectivity index (χ3v) is 5.56. The summed E-state index contributed by atoms with van der Waals surface area (Å²) >= 11 is 0. The van der Waals surface area contributed by atoms with Gasteiger partial charge in [-0.3, -0.25) is 0 Å². The van der Waals surface area contributed by atoms with E-state index in [1.54, 1.807) is 0 Å². The molecule has 0 saturated carbocycles. The Morgan fingerprint density at radius 1 is 1.15 bits per heavy atom. The molecule has 0 bridgehead atoms. The van der Waals surface area contributed by atoms with Crippen molar-refractivity contribution in [1.82, 2.24) is 4.72 Å². The fourth-order valence-corrected chi connectivity index (χ4v) is 4.09. The lowest BCUT2D eigenvalue weighted by molar-refractivity contribution is 0.0981. The van der Waals surface area contributed by atoms with E-state index in [0.29, 0.717) is 32.6 Å². The molecule has 1 N–H and O–H groups in total. The van der Waals surface area contributed by atoms with Crippen LogP contribution in [0.3, 0.4) is 0 Å². The highest BCUT2D eigenvalue weighted by molar-refractivity contribution is 7.90. The Bertz CT molecular complexity index is 528. The second kappa shape index (κ2) is 6.70. The van der Waals surface area contributed by atoms with Crippen LogP contribution in [-0.4, -0.2) is 33.4 Å². The van der Waals surface area contributed by atoms with Gasteiger partial charge in [-0.1, -0.05) is 29.3 Å². The number of hydrogen-bond acceptors (Lipinski definition) is 3. The molecular formula is C15H23NO3S. The normalized spacial score (nSPS) is 17.3. The van der Waals surface area contributed by atoms with Crippen LogP contribution in [0.1, 0.15) is 29.5 Å². The summed E-state index contributed by atoms with van der Waals surface area (Å²) < 4.78 is 32.2. The lowest BCUT2D eigenvalue weighted by Crippen LogP contribution is -2.38. The second-order valence-electron chi connectivity index (χ2n) is 5.50. The molecule has 112 valence electrons. The molecule has 1 saturated heterocycles. The summed E-state index contributed by atoms with van der Waals surface area (Å²) in [4.78, 5) is 0. The Morgan fingerprint density at radius 3 is 2.35 bits per heavy atom. The molecule has 1 heterocycles. The predicted octanol–water partition coefficient (Wildman–Crippen LogP) is 1.94. The standard InChI is InChI=1S/C15H23NO3S/c1-12-9-13(2)11-14(10-12)3-6-16-20(17,18)15-4-7-19-8-5-15/h9-11,15-16H,3-8H2,1-2H3. The number of rotatable bonds is 5. The van der Waals surface area contributed by atoms with Gasteiger partial charge in [0.25, 0.3) is 0 Å². The molecule has 0 aromatic heterocycles. The first-order valence-corrected chi connectivity index (χ1v) is 8.65. The zero-order valence-electron chi connectivity index (χ0n) is 12.2. The molecule has 1 aromatic carbocycles. The largest absolute Gasteiger partial charge is 0.381 e. The van der Waals surface area contributed by atoms with Crippen molar-refractivity contribution in [3.05, 3.63) is 34.9 Å². The number of aryl methyl sites for hydroxylation is 2. The Labute approximate surface area is 121 Å². The van der Waals surface area contributed by atoms with Gasteiger partial charge in [-0.15, -0.1) is 0 Å². The van der Waals surface area contributed by atoms with Crippen LogP contribution in [0.25, 0.3) is 0 Å². The molecule has 1 aliphatic rings. The van der Waals surface area contributed by atoms with Crippen LogP contribution in [0.15, 0.2) is 18.2 Å².